The Morgan fingerprint density at radius 3 is 2.80 bits per heavy atom. The van der Waals surface area contributed by atoms with Crippen LogP contribution < -0.4 is 5.32 Å². The summed E-state index contributed by atoms with van der Waals surface area (Å²) in [4.78, 5) is 21.5. The normalized spacial score (nSPS) is 14.1. The zero-order valence-electron chi connectivity index (χ0n) is 16.0. The highest BCUT2D eigenvalue weighted by Crippen LogP contribution is 2.45. The number of fused-ring (bicyclic) bond motifs is 2. The minimum atomic E-state index is -0.244. The smallest absolute Gasteiger partial charge is 0.257 e. The molecule has 0 fully saturated rings. The molecule has 152 valence electrons. The lowest BCUT2D eigenvalue weighted by molar-refractivity contribution is 0.102. The number of rotatable bonds is 3. The van der Waals surface area contributed by atoms with Crippen molar-refractivity contribution in [2.75, 3.05) is 18.9 Å². The van der Waals surface area contributed by atoms with Crippen LogP contribution >= 0.6 is 45.9 Å². The molecule has 1 amide bonds. The Bertz CT molecular complexity index is 1250. The van der Waals surface area contributed by atoms with E-state index in [1.165, 1.54) is 10.4 Å². The largest absolute Gasteiger partial charge is 0.313 e. The van der Waals surface area contributed by atoms with Crippen molar-refractivity contribution >= 4 is 67.0 Å². The summed E-state index contributed by atoms with van der Waals surface area (Å²) in [7, 11) is 2.12. The lowest BCUT2D eigenvalue weighted by Crippen LogP contribution is -2.25. The minimum absolute atomic E-state index is 0.244. The van der Waals surface area contributed by atoms with E-state index in [1.807, 2.05) is 18.2 Å². The van der Waals surface area contributed by atoms with Gasteiger partial charge in [-0.15, -0.1) is 22.7 Å². The Labute approximate surface area is 192 Å². The predicted octanol–water partition coefficient (Wildman–Crippen LogP) is 6.57. The van der Waals surface area contributed by atoms with Crippen LogP contribution in [-0.4, -0.2) is 29.4 Å². The van der Waals surface area contributed by atoms with E-state index in [0.717, 1.165) is 45.3 Å². The second-order valence-corrected chi connectivity index (χ2v) is 10.2. The number of para-hydroxylation sites is 1. The number of anilines is 1. The number of thiophene rings is 1. The van der Waals surface area contributed by atoms with Gasteiger partial charge in [0.15, 0.2) is 0 Å². The maximum atomic E-state index is 13.0. The first-order chi connectivity index (χ1) is 14.5. The minimum Gasteiger partial charge on any atom is -0.313 e. The summed E-state index contributed by atoms with van der Waals surface area (Å²) in [5, 5.41) is 5.70. The molecule has 4 nitrogen and oxygen atoms in total. The van der Waals surface area contributed by atoms with Crippen molar-refractivity contribution in [3.8, 4) is 10.6 Å². The van der Waals surface area contributed by atoms with Gasteiger partial charge in [-0.3, -0.25) is 4.79 Å². The molecule has 4 aromatic rings. The first-order valence-electron chi connectivity index (χ1n) is 9.45. The van der Waals surface area contributed by atoms with Gasteiger partial charge in [0.1, 0.15) is 10.0 Å². The van der Waals surface area contributed by atoms with Gasteiger partial charge in [0.2, 0.25) is 0 Å². The van der Waals surface area contributed by atoms with E-state index < -0.39 is 0 Å². The lowest BCUT2D eigenvalue weighted by Gasteiger charge is -2.22. The summed E-state index contributed by atoms with van der Waals surface area (Å²) < 4.78 is 1.14. The quantitative estimate of drug-likeness (QED) is 0.365. The summed E-state index contributed by atoms with van der Waals surface area (Å²) in [6.07, 6.45) is 0.936. The van der Waals surface area contributed by atoms with Gasteiger partial charge in [0.05, 0.1) is 20.8 Å². The van der Waals surface area contributed by atoms with Gasteiger partial charge in [-0.1, -0.05) is 35.3 Å². The molecular weight excluding hydrogens is 457 g/mol. The fourth-order valence-corrected chi connectivity index (χ4v) is 6.60. The number of carbonyl (C=O) groups excluding carboxylic acids is 1. The number of aromatic nitrogens is 1. The predicted molar refractivity (Wildman–Crippen MR) is 127 cm³/mol. The highest BCUT2D eigenvalue weighted by Gasteiger charge is 2.27. The van der Waals surface area contributed by atoms with E-state index >= 15 is 0 Å². The van der Waals surface area contributed by atoms with Crippen molar-refractivity contribution in [1.82, 2.24) is 9.88 Å². The zero-order valence-corrected chi connectivity index (χ0v) is 19.2. The average Bonchev–Trinajstić information content (AvgIpc) is 3.27. The maximum Gasteiger partial charge on any atom is 0.257 e. The molecule has 0 saturated heterocycles. The van der Waals surface area contributed by atoms with Gasteiger partial charge in [-0.2, -0.15) is 0 Å². The van der Waals surface area contributed by atoms with Crippen LogP contribution in [0.1, 0.15) is 20.8 Å². The summed E-state index contributed by atoms with van der Waals surface area (Å²) in [6, 6.07) is 13.0. The Morgan fingerprint density at radius 1 is 1.17 bits per heavy atom. The third-order valence-corrected chi connectivity index (χ3v) is 7.89. The van der Waals surface area contributed by atoms with Crippen LogP contribution in [0.2, 0.25) is 10.0 Å². The topological polar surface area (TPSA) is 45.2 Å². The molecule has 1 aliphatic rings. The number of amides is 1. The van der Waals surface area contributed by atoms with Crippen molar-refractivity contribution in [3.05, 3.63) is 68.5 Å². The molecule has 5 rings (SSSR count). The molecule has 0 bridgehead atoms. The van der Waals surface area contributed by atoms with Gasteiger partial charge in [-0.25, -0.2) is 4.98 Å². The third kappa shape index (κ3) is 3.63. The average molecular weight is 474 g/mol. The van der Waals surface area contributed by atoms with Gasteiger partial charge < -0.3 is 10.2 Å². The van der Waals surface area contributed by atoms with E-state index in [9.17, 15) is 4.79 Å². The summed E-state index contributed by atoms with van der Waals surface area (Å²) in [5.41, 5.74) is 3.71. The SMILES string of the molecule is CN1CCc2c(sc(NC(=O)c3ccc(Cl)cc3Cl)c2-c2nc3ccccc3s2)C1. The van der Waals surface area contributed by atoms with Crippen LogP contribution in [0, 0.1) is 0 Å². The van der Waals surface area contributed by atoms with Crippen molar-refractivity contribution < 1.29 is 4.79 Å². The van der Waals surface area contributed by atoms with Crippen molar-refractivity contribution in [2.24, 2.45) is 0 Å². The molecule has 3 heterocycles. The molecule has 2 aromatic carbocycles. The fraction of sp³-hybridized carbons (Fsp3) is 0.182. The number of benzene rings is 2. The zero-order chi connectivity index (χ0) is 20.8. The number of likely N-dealkylation sites (N-methyl/N-ethyl adjacent to an activating group) is 1. The lowest BCUT2D eigenvalue weighted by atomic mass is 10.0. The summed E-state index contributed by atoms with van der Waals surface area (Å²) in [5.74, 6) is -0.244. The standard InChI is InChI=1S/C22H17Cl2N3OS2/c1-27-9-8-14-18(11-27)30-22(26-20(28)13-7-6-12(23)10-15(13)24)19(14)21-25-16-4-2-3-5-17(16)29-21/h2-7,10H,8-9,11H2,1H3,(H,26,28). The van der Waals surface area contributed by atoms with Crippen LogP contribution in [0.4, 0.5) is 5.00 Å². The molecule has 30 heavy (non-hydrogen) atoms. The highest BCUT2D eigenvalue weighted by atomic mass is 35.5. The first-order valence-corrected chi connectivity index (χ1v) is 11.8. The van der Waals surface area contributed by atoms with Gasteiger partial charge >= 0.3 is 0 Å². The van der Waals surface area contributed by atoms with Crippen LogP contribution in [0.15, 0.2) is 42.5 Å². The molecule has 0 unspecified atom stereocenters. The van der Waals surface area contributed by atoms with Crippen molar-refractivity contribution in [2.45, 2.75) is 13.0 Å². The van der Waals surface area contributed by atoms with E-state index in [4.69, 9.17) is 28.2 Å². The molecule has 1 N–H and O–H groups in total. The first kappa shape index (κ1) is 20.0. The molecular formula is C22H17Cl2N3OS2. The molecule has 1 aliphatic heterocycles. The Morgan fingerprint density at radius 2 is 2.00 bits per heavy atom. The monoisotopic (exact) mass is 473 g/mol. The van der Waals surface area contributed by atoms with Crippen LogP contribution in [-0.2, 0) is 13.0 Å². The highest BCUT2D eigenvalue weighted by molar-refractivity contribution is 7.23. The van der Waals surface area contributed by atoms with Crippen molar-refractivity contribution in [1.29, 1.82) is 0 Å². The number of carbonyl (C=O) groups is 1. The fourth-order valence-electron chi connectivity index (χ4n) is 3.67. The molecule has 0 atom stereocenters. The maximum absolute atomic E-state index is 13.0. The molecule has 8 heteroatoms. The van der Waals surface area contributed by atoms with E-state index in [1.54, 1.807) is 40.9 Å². The number of nitrogens with zero attached hydrogens (tertiary/aromatic N) is 2. The van der Waals surface area contributed by atoms with E-state index in [-0.39, 0.29) is 5.91 Å². The van der Waals surface area contributed by atoms with Crippen LogP contribution in [0.25, 0.3) is 20.8 Å². The summed E-state index contributed by atoms with van der Waals surface area (Å²) >= 11 is 15.5. The van der Waals surface area contributed by atoms with Gasteiger partial charge in [0, 0.05) is 28.6 Å². The Balaban J connectivity index is 1.60. The Hall–Kier alpha value is -1.96. The summed E-state index contributed by atoms with van der Waals surface area (Å²) in [6.45, 7) is 1.85. The number of thiazole rings is 1. The molecule has 0 aliphatic carbocycles. The van der Waals surface area contributed by atoms with E-state index in [0.29, 0.717) is 15.6 Å². The number of hydrogen-bond acceptors (Lipinski definition) is 5. The van der Waals surface area contributed by atoms with E-state index in [2.05, 4.69) is 23.3 Å². The third-order valence-electron chi connectivity index (χ3n) is 5.16. The number of nitrogens with one attached hydrogen (secondary N) is 1. The van der Waals surface area contributed by atoms with Gasteiger partial charge in [-0.05, 0) is 49.4 Å². The van der Waals surface area contributed by atoms with Gasteiger partial charge in [0.25, 0.3) is 5.91 Å². The molecule has 0 radical (unpaired) electrons. The second kappa shape index (κ2) is 7.94. The molecule has 0 saturated carbocycles. The van der Waals surface area contributed by atoms with Crippen molar-refractivity contribution in [3.63, 3.8) is 0 Å². The molecule has 2 aromatic heterocycles. The Kier molecular flexibility index (Phi) is 5.29. The second-order valence-electron chi connectivity index (χ2n) is 7.26. The molecule has 0 spiro atoms. The number of hydrogen-bond donors (Lipinski definition) is 1. The van der Waals surface area contributed by atoms with Crippen LogP contribution in [0.3, 0.4) is 0 Å². The van der Waals surface area contributed by atoms with Crippen LogP contribution in [0.5, 0.6) is 0 Å². The number of halogens is 2.